The van der Waals surface area contributed by atoms with Gasteiger partial charge in [0.15, 0.2) is 5.96 Å². The van der Waals surface area contributed by atoms with Crippen molar-refractivity contribution >= 4 is 22.3 Å². The van der Waals surface area contributed by atoms with Crippen LogP contribution in [-0.4, -0.2) is 55.1 Å². The fourth-order valence-corrected chi connectivity index (χ4v) is 4.22. The van der Waals surface area contributed by atoms with Gasteiger partial charge in [-0.2, -0.15) is 0 Å². The molecule has 1 aliphatic heterocycles. The molecule has 0 spiro atoms. The van der Waals surface area contributed by atoms with Gasteiger partial charge in [-0.1, -0.05) is 0 Å². The van der Waals surface area contributed by atoms with E-state index in [0.717, 1.165) is 49.9 Å². The lowest BCUT2D eigenvalue weighted by atomic mass is 10.2. The monoisotopic (exact) mass is 427 g/mol. The van der Waals surface area contributed by atoms with E-state index >= 15 is 0 Å². The van der Waals surface area contributed by atoms with Gasteiger partial charge in [-0.25, -0.2) is 9.37 Å². The molecule has 0 saturated carbocycles. The molecule has 0 amide bonds. The third kappa shape index (κ3) is 4.99. The van der Waals surface area contributed by atoms with Gasteiger partial charge in [0.25, 0.3) is 0 Å². The summed E-state index contributed by atoms with van der Waals surface area (Å²) in [4.78, 5) is 14.1. The van der Waals surface area contributed by atoms with E-state index in [1.807, 2.05) is 0 Å². The normalized spacial score (nSPS) is 14.9. The number of aliphatic imine (C=N–C) groups is 1. The van der Waals surface area contributed by atoms with E-state index in [4.69, 9.17) is 9.41 Å². The number of thiophene rings is 1. The van der Waals surface area contributed by atoms with Crippen molar-refractivity contribution < 1.29 is 8.81 Å². The first kappa shape index (κ1) is 20.4. The first-order valence-corrected chi connectivity index (χ1v) is 11.1. The minimum absolute atomic E-state index is 0.271. The number of nitrogens with one attached hydrogen (secondary N) is 1. The molecule has 3 aromatic rings. The highest BCUT2D eigenvalue weighted by molar-refractivity contribution is 7.14. The highest BCUT2D eigenvalue weighted by atomic mass is 32.1. The minimum Gasteiger partial charge on any atom is -0.444 e. The quantitative estimate of drug-likeness (QED) is 0.478. The molecule has 0 aliphatic carbocycles. The summed E-state index contributed by atoms with van der Waals surface area (Å²) in [6.07, 6.45) is 2.34. The van der Waals surface area contributed by atoms with E-state index in [1.165, 1.54) is 17.1 Å². The summed E-state index contributed by atoms with van der Waals surface area (Å²) in [6, 6.07) is 10.4. The van der Waals surface area contributed by atoms with Crippen LogP contribution in [0.5, 0.6) is 0 Å². The second-order valence-corrected chi connectivity index (χ2v) is 7.99. The van der Waals surface area contributed by atoms with Gasteiger partial charge in [0.1, 0.15) is 12.1 Å². The van der Waals surface area contributed by atoms with Gasteiger partial charge >= 0.3 is 0 Å². The van der Waals surface area contributed by atoms with Crippen molar-refractivity contribution in [1.29, 1.82) is 0 Å². The second kappa shape index (κ2) is 9.75. The first-order valence-electron chi connectivity index (χ1n) is 10.2. The Labute approximate surface area is 180 Å². The highest BCUT2D eigenvalue weighted by Crippen LogP contribution is 2.22. The Bertz CT molecular complexity index is 946. The Morgan fingerprint density at radius 3 is 2.70 bits per heavy atom. The lowest BCUT2D eigenvalue weighted by Gasteiger charge is -2.37. The van der Waals surface area contributed by atoms with Gasteiger partial charge in [0, 0.05) is 51.3 Å². The lowest BCUT2D eigenvalue weighted by Crippen LogP contribution is -2.52. The fourth-order valence-electron chi connectivity index (χ4n) is 3.44. The van der Waals surface area contributed by atoms with E-state index in [0.29, 0.717) is 18.9 Å². The maximum atomic E-state index is 13.1. The van der Waals surface area contributed by atoms with Crippen LogP contribution in [0.4, 0.5) is 9.39 Å². The molecule has 1 aromatic carbocycles. The number of anilines is 1. The highest BCUT2D eigenvalue weighted by Gasteiger charge is 2.20. The molecule has 0 radical (unpaired) electrons. The Kier molecular flexibility index (Phi) is 6.63. The van der Waals surface area contributed by atoms with Crippen molar-refractivity contribution in [3.8, 4) is 11.5 Å². The SMILES string of the molecule is CCNC(=NCCc1coc(-c2ccc(F)cc2)n1)N1CCN(c2cccs2)CC1. The fraction of sp³-hybridized carbons (Fsp3) is 0.364. The zero-order valence-corrected chi connectivity index (χ0v) is 17.9. The van der Waals surface area contributed by atoms with Gasteiger partial charge in [-0.3, -0.25) is 4.99 Å². The standard InChI is InChI=1S/C22H26FN5OS/c1-2-24-22(28-13-11-27(12-14-28)20-4-3-15-30-20)25-10-9-19-16-29-21(26-19)17-5-7-18(23)8-6-17/h3-8,15-16H,2,9-14H2,1H3,(H,24,25). The zero-order chi connectivity index (χ0) is 20.8. The minimum atomic E-state index is -0.271. The van der Waals surface area contributed by atoms with Gasteiger partial charge in [0.2, 0.25) is 5.89 Å². The number of aromatic nitrogens is 1. The molecular formula is C22H26FN5OS. The molecule has 1 N–H and O–H groups in total. The second-order valence-electron chi connectivity index (χ2n) is 7.06. The van der Waals surface area contributed by atoms with Crippen LogP contribution in [0.1, 0.15) is 12.6 Å². The van der Waals surface area contributed by atoms with Crippen molar-refractivity contribution in [2.24, 2.45) is 4.99 Å². The number of benzene rings is 1. The largest absolute Gasteiger partial charge is 0.444 e. The molecular weight excluding hydrogens is 401 g/mol. The molecule has 1 aliphatic rings. The summed E-state index contributed by atoms with van der Waals surface area (Å²) in [5.41, 5.74) is 1.61. The Morgan fingerprint density at radius 1 is 1.20 bits per heavy atom. The van der Waals surface area contributed by atoms with Crippen molar-refractivity contribution in [1.82, 2.24) is 15.2 Å². The van der Waals surface area contributed by atoms with Crippen LogP contribution >= 0.6 is 11.3 Å². The van der Waals surface area contributed by atoms with E-state index in [9.17, 15) is 4.39 Å². The third-order valence-corrected chi connectivity index (χ3v) is 5.93. The molecule has 3 heterocycles. The summed E-state index contributed by atoms with van der Waals surface area (Å²) in [5.74, 6) is 1.18. The maximum absolute atomic E-state index is 13.1. The molecule has 2 aromatic heterocycles. The number of halogens is 1. The van der Waals surface area contributed by atoms with Crippen LogP contribution in [0.15, 0.2) is 57.5 Å². The van der Waals surface area contributed by atoms with Gasteiger partial charge in [0.05, 0.1) is 10.7 Å². The molecule has 1 fully saturated rings. The first-order chi connectivity index (χ1) is 14.7. The van der Waals surface area contributed by atoms with Crippen LogP contribution in [0.2, 0.25) is 0 Å². The Balaban J connectivity index is 1.33. The number of oxazole rings is 1. The molecule has 0 unspecified atom stereocenters. The van der Waals surface area contributed by atoms with Crippen molar-refractivity contribution in [2.75, 3.05) is 44.2 Å². The summed E-state index contributed by atoms with van der Waals surface area (Å²) in [6.45, 7) is 7.44. The van der Waals surface area contributed by atoms with Gasteiger partial charge < -0.3 is 19.5 Å². The topological polar surface area (TPSA) is 56.9 Å². The van der Waals surface area contributed by atoms with E-state index in [-0.39, 0.29) is 5.82 Å². The summed E-state index contributed by atoms with van der Waals surface area (Å²) < 4.78 is 18.6. The van der Waals surface area contributed by atoms with Crippen LogP contribution < -0.4 is 10.2 Å². The molecule has 8 heteroatoms. The molecule has 6 nitrogen and oxygen atoms in total. The van der Waals surface area contributed by atoms with E-state index < -0.39 is 0 Å². The maximum Gasteiger partial charge on any atom is 0.226 e. The molecule has 0 atom stereocenters. The van der Waals surface area contributed by atoms with Crippen molar-refractivity contribution in [3.05, 3.63) is 59.6 Å². The molecule has 4 rings (SSSR count). The van der Waals surface area contributed by atoms with Gasteiger partial charge in [-0.05, 0) is 48.7 Å². The molecule has 30 heavy (non-hydrogen) atoms. The van der Waals surface area contributed by atoms with Gasteiger partial charge in [-0.15, -0.1) is 11.3 Å². The summed E-state index contributed by atoms with van der Waals surface area (Å²) in [5, 5.41) is 6.86. The number of piperazine rings is 1. The van der Waals surface area contributed by atoms with E-state index in [2.05, 4.69) is 44.5 Å². The summed E-state index contributed by atoms with van der Waals surface area (Å²) in [7, 11) is 0. The van der Waals surface area contributed by atoms with Crippen molar-refractivity contribution in [2.45, 2.75) is 13.3 Å². The van der Waals surface area contributed by atoms with Crippen LogP contribution in [0.25, 0.3) is 11.5 Å². The lowest BCUT2D eigenvalue weighted by molar-refractivity contribution is 0.373. The third-order valence-electron chi connectivity index (χ3n) is 5.00. The number of guanidine groups is 1. The number of hydrogen-bond acceptors (Lipinski definition) is 5. The van der Waals surface area contributed by atoms with Crippen LogP contribution in [0.3, 0.4) is 0 Å². The smallest absolute Gasteiger partial charge is 0.226 e. The predicted molar refractivity (Wildman–Crippen MR) is 120 cm³/mol. The Morgan fingerprint density at radius 2 is 2.00 bits per heavy atom. The summed E-state index contributed by atoms with van der Waals surface area (Å²) >= 11 is 1.79. The average molecular weight is 428 g/mol. The van der Waals surface area contributed by atoms with E-state index in [1.54, 1.807) is 29.7 Å². The predicted octanol–water partition coefficient (Wildman–Crippen LogP) is 3.87. The van der Waals surface area contributed by atoms with Crippen molar-refractivity contribution in [3.63, 3.8) is 0 Å². The molecule has 158 valence electrons. The van der Waals surface area contributed by atoms with Crippen LogP contribution in [0, 0.1) is 5.82 Å². The molecule has 1 saturated heterocycles. The van der Waals surface area contributed by atoms with Crippen LogP contribution in [-0.2, 0) is 6.42 Å². The average Bonchev–Trinajstić information content (AvgIpc) is 3.46. The number of hydrogen-bond donors (Lipinski definition) is 1. The Hall–Kier alpha value is -2.87. The number of rotatable bonds is 6. The zero-order valence-electron chi connectivity index (χ0n) is 17.1. The molecule has 0 bridgehead atoms. The number of nitrogens with zero attached hydrogens (tertiary/aromatic N) is 4.